The van der Waals surface area contributed by atoms with Crippen molar-refractivity contribution in [3.05, 3.63) is 85.1 Å². The molecular formula is C23H29N5O. The van der Waals surface area contributed by atoms with Gasteiger partial charge < -0.3 is 21.5 Å². The Morgan fingerprint density at radius 1 is 1.07 bits per heavy atom. The summed E-state index contributed by atoms with van der Waals surface area (Å²) >= 11 is 0. The van der Waals surface area contributed by atoms with Crippen LogP contribution in [-0.4, -0.2) is 36.2 Å². The van der Waals surface area contributed by atoms with Gasteiger partial charge in [-0.1, -0.05) is 61.7 Å². The Kier molecular flexibility index (Phi) is 6.36. The molecule has 0 saturated carbocycles. The summed E-state index contributed by atoms with van der Waals surface area (Å²) in [6.45, 7) is 10.6. The van der Waals surface area contributed by atoms with Crippen molar-refractivity contribution < 1.29 is 5.11 Å². The Balaban J connectivity index is 1.49. The van der Waals surface area contributed by atoms with E-state index in [0.717, 1.165) is 22.6 Å². The molecule has 152 valence electrons. The summed E-state index contributed by atoms with van der Waals surface area (Å²) < 4.78 is 0. The van der Waals surface area contributed by atoms with Crippen LogP contribution in [-0.2, 0) is 0 Å². The predicted octanol–water partition coefficient (Wildman–Crippen LogP) is 2.51. The largest absolute Gasteiger partial charge is 0.386 e. The summed E-state index contributed by atoms with van der Waals surface area (Å²) in [4.78, 5) is 0. The van der Waals surface area contributed by atoms with Crippen molar-refractivity contribution >= 4 is 17.6 Å². The van der Waals surface area contributed by atoms with E-state index in [2.05, 4.69) is 28.9 Å². The Morgan fingerprint density at radius 2 is 1.66 bits per heavy atom. The fourth-order valence-corrected chi connectivity index (χ4v) is 3.10. The average Bonchev–Trinajstić information content (AvgIpc) is 3.13. The number of anilines is 1. The topological polar surface area (TPSA) is 85.9 Å². The van der Waals surface area contributed by atoms with Gasteiger partial charge in [0.25, 0.3) is 0 Å². The second kappa shape index (κ2) is 8.94. The lowest BCUT2D eigenvalue weighted by Gasteiger charge is -2.29. The molecule has 2 aromatic rings. The van der Waals surface area contributed by atoms with E-state index in [1.54, 1.807) is 18.1 Å². The van der Waals surface area contributed by atoms with Gasteiger partial charge in [-0.15, -0.1) is 0 Å². The maximum absolute atomic E-state index is 10.7. The van der Waals surface area contributed by atoms with Gasteiger partial charge in [0.05, 0.1) is 17.2 Å². The van der Waals surface area contributed by atoms with Gasteiger partial charge in [0.2, 0.25) is 0 Å². The summed E-state index contributed by atoms with van der Waals surface area (Å²) in [5, 5.41) is 23.3. The minimum atomic E-state index is -1.00. The highest BCUT2D eigenvalue weighted by Gasteiger charge is 2.31. The number of nitrogens with two attached hydrogens (primary N) is 1. The molecule has 0 fully saturated rings. The lowest BCUT2D eigenvalue weighted by Crippen LogP contribution is -2.48. The van der Waals surface area contributed by atoms with Crippen LogP contribution in [0.5, 0.6) is 0 Å². The molecule has 0 spiro atoms. The standard InChI is InChI=1S/C23H29N5O/c1-17(19-10-6-4-7-11-19)25-15-23(3,29)16-26-18(2)21-14-27-28(22(21)24)20-12-8-5-9-13-20/h4-14,21-22,25-26,29H,1-2,15-16,24H2,3H3. The minimum absolute atomic E-state index is 0.154. The van der Waals surface area contributed by atoms with E-state index in [-0.39, 0.29) is 12.1 Å². The highest BCUT2D eigenvalue weighted by atomic mass is 16.3. The van der Waals surface area contributed by atoms with Crippen LogP contribution in [0.4, 0.5) is 5.69 Å². The zero-order chi connectivity index (χ0) is 20.9. The second-order valence-electron chi connectivity index (χ2n) is 7.53. The number of benzene rings is 2. The van der Waals surface area contributed by atoms with Crippen LogP contribution in [0.15, 0.2) is 84.6 Å². The third-order valence-corrected chi connectivity index (χ3v) is 4.93. The van der Waals surface area contributed by atoms with E-state index in [0.29, 0.717) is 13.1 Å². The van der Waals surface area contributed by atoms with Crippen molar-refractivity contribution in [2.24, 2.45) is 16.8 Å². The number of hydrogen-bond acceptors (Lipinski definition) is 6. The first-order valence-electron chi connectivity index (χ1n) is 9.64. The van der Waals surface area contributed by atoms with Crippen molar-refractivity contribution in [3.63, 3.8) is 0 Å². The van der Waals surface area contributed by atoms with Gasteiger partial charge in [-0.2, -0.15) is 5.10 Å². The number of aliphatic hydroxyl groups is 1. The molecule has 29 heavy (non-hydrogen) atoms. The van der Waals surface area contributed by atoms with Crippen molar-refractivity contribution in [1.82, 2.24) is 10.6 Å². The van der Waals surface area contributed by atoms with Gasteiger partial charge in [-0.05, 0) is 24.6 Å². The molecule has 3 rings (SSSR count). The van der Waals surface area contributed by atoms with Gasteiger partial charge in [0, 0.05) is 30.7 Å². The molecule has 2 aromatic carbocycles. The van der Waals surface area contributed by atoms with Crippen LogP contribution in [0.2, 0.25) is 0 Å². The molecule has 0 bridgehead atoms. The van der Waals surface area contributed by atoms with Crippen LogP contribution >= 0.6 is 0 Å². The summed E-state index contributed by atoms with van der Waals surface area (Å²) in [6.07, 6.45) is 1.44. The van der Waals surface area contributed by atoms with Gasteiger partial charge in [-0.3, -0.25) is 0 Å². The quantitative estimate of drug-likeness (QED) is 0.528. The zero-order valence-corrected chi connectivity index (χ0v) is 16.8. The lowest BCUT2D eigenvalue weighted by molar-refractivity contribution is 0.0656. The predicted molar refractivity (Wildman–Crippen MR) is 120 cm³/mol. The maximum atomic E-state index is 10.7. The fraction of sp³-hybridized carbons (Fsp3) is 0.261. The molecule has 1 aliphatic heterocycles. The molecule has 6 nitrogen and oxygen atoms in total. The molecule has 3 unspecified atom stereocenters. The van der Waals surface area contributed by atoms with E-state index in [1.807, 2.05) is 60.7 Å². The number of hydrogen-bond donors (Lipinski definition) is 4. The van der Waals surface area contributed by atoms with Gasteiger partial charge >= 0.3 is 0 Å². The first-order chi connectivity index (χ1) is 13.9. The average molecular weight is 392 g/mol. The zero-order valence-electron chi connectivity index (χ0n) is 16.8. The van der Waals surface area contributed by atoms with Crippen molar-refractivity contribution in [1.29, 1.82) is 0 Å². The van der Waals surface area contributed by atoms with Gasteiger partial charge in [0.15, 0.2) is 0 Å². The number of nitrogens with one attached hydrogen (secondary N) is 2. The van der Waals surface area contributed by atoms with Crippen LogP contribution in [0.1, 0.15) is 12.5 Å². The fourth-order valence-electron chi connectivity index (χ4n) is 3.10. The molecule has 0 aromatic heterocycles. The Hall–Kier alpha value is -3.09. The molecule has 1 aliphatic rings. The molecule has 3 atom stereocenters. The van der Waals surface area contributed by atoms with Crippen molar-refractivity contribution in [2.75, 3.05) is 18.1 Å². The van der Waals surface area contributed by atoms with Crippen LogP contribution in [0, 0.1) is 5.92 Å². The third kappa shape index (κ3) is 5.25. The van der Waals surface area contributed by atoms with Gasteiger partial charge in [-0.25, -0.2) is 5.01 Å². The molecule has 5 N–H and O–H groups in total. The normalized spacial score (nSPS) is 20.2. The number of hydrazone groups is 1. The number of nitrogens with zero attached hydrogens (tertiary/aromatic N) is 2. The Morgan fingerprint density at radius 3 is 2.31 bits per heavy atom. The summed E-state index contributed by atoms with van der Waals surface area (Å²) in [6, 6.07) is 19.6. The highest BCUT2D eigenvalue weighted by Crippen LogP contribution is 2.25. The molecule has 0 amide bonds. The van der Waals surface area contributed by atoms with E-state index in [1.165, 1.54) is 0 Å². The molecule has 0 radical (unpaired) electrons. The smallest absolute Gasteiger partial charge is 0.113 e. The second-order valence-corrected chi connectivity index (χ2v) is 7.53. The van der Waals surface area contributed by atoms with Crippen molar-refractivity contribution in [3.8, 4) is 0 Å². The maximum Gasteiger partial charge on any atom is 0.113 e. The van der Waals surface area contributed by atoms with Crippen molar-refractivity contribution in [2.45, 2.75) is 18.7 Å². The Bertz CT molecular complexity index is 863. The van der Waals surface area contributed by atoms with E-state index in [4.69, 9.17) is 5.73 Å². The third-order valence-electron chi connectivity index (χ3n) is 4.93. The summed E-state index contributed by atoms with van der Waals surface area (Å²) in [7, 11) is 0. The Labute approximate surface area is 172 Å². The summed E-state index contributed by atoms with van der Waals surface area (Å²) in [5.74, 6) is -0.154. The number of rotatable bonds is 9. The molecule has 6 heteroatoms. The molecule has 0 saturated heterocycles. The molecule has 0 aliphatic carbocycles. The molecule has 1 heterocycles. The minimum Gasteiger partial charge on any atom is -0.386 e. The monoisotopic (exact) mass is 391 g/mol. The van der Waals surface area contributed by atoms with E-state index < -0.39 is 5.60 Å². The van der Waals surface area contributed by atoms with E-state index in [9.17, 15) is 5.11 Å². The highest BCUT2D eigenvalue weighted by molar-refractivity contribution is 5.72. The number of para-hydroxylation sites is 1. The lowest BCUT2D eigenvalue weighted by atomic mass is 10.0. The summed E-state index contributed by atoms with van der Waals surface area (Å²) in [5.41, 5.74) is 8.79. The first kappa shape index (κ1) is 20.6. The molecular weight excluding hydrogens is 362 g/mol. The first-order valence-corrected chi connectivity index (χ1v) is 9.64. The van der Waals surface area contributed by atoms with E-state index >= 15 is 0 Å². The van der Waals surface area contributed by atoms with Crippen LogP contribution in [0.3, 0.4) is 0 Å². The van der Waals surface area contributed by atoms with Gasteiger partial charge in [0.1, 0.15) is 6.17 Å². The SMILES string of the molecule is C=C(NCC(C)(O)CNC(=C)C1C=NN(c2ccccc2)C1N)c1ccccc1. The van der Waals surface area contributed by atoms with Crippen LogP contribution < -0.4 is 21.4 Å². The van der Waals surface area contributed by atoms with Crippen LogP contribution in [0.25, 0.3) is 5.70 Å².